The molecule has 8 heteroatoms. The summed E-state index contributed by atoms with van der Waals surface area (Å²) in [6.07, 6.45) is 3.27. The smallest absolute Gasteiger partial charge is 0.180 e. The maximum Gasteiger partial charge on any atom is 0.180 e. The summed E-state index contributed by atoms with van der Waals surface area (Å²) < 4.78 is 12.5. The van der Waals surface area contributed by atoms with E-state index in [0.29, 0.717) is 23.3 Å². The Kier molecular flexibility index (Phi) is 8.90. The third kappa shape index (κ3) is 6.41. The number of hydrogen-bond donors (Lipinski definition) is 1. The first-order chi connectivity index (χ1) is 13.1. The highest BCUT2D eigenvalue weighted by Gasteiger charge is 2.16. The molecule has 0 heterocycles. The van der Waals surface area contributed by atoms with E-state index in [-0.39, 0.29) is 0 Å². The summed E-state index contributed by atoms with van der Waals surface area (Å²) in [5, 5.41) is 8.51. The predicted octanol–water partition coefficient (Wildman–Crippen LogP) is 5.37. The number of halogens is 2. The molecule has 27 heavy (non-hydrogen) atoms. The van der Waals surface area contributed by atoms with Gasteiger partial charge in [0, 0.05) is 15.8 Å². The van der Waals surface area contributed by atoms with Gasteiger partial charge < -0.3 is 15.2 Å². The Balaban J connectivity index is 2.11. The second-order valence-electron chi connectivity index (χ2n) is 5.18. The van der Waals surface area contributed by atoms with Crippen molar-refractivity contribution in [2.75, 3.05) is 13.7 Å². The van der Waals surface area contributed by atoms with E-state index in [4.69, 9.17) is 15.2 Å². The molecule has 0 unspecified atom stereocenters. The molecule has 0 aromatic heterocycles. The number of benzene rings is 2. The van der Waals surface area contributed by atoms with Crippen LogP contribution in [0.15, 0.2) is 68.2 Å². The molecule has 0 fully saturated rings. The van der Waals surface area contributed by atoms with Gasteiger partial charge in [0.05, 0.1) is 17.8 Å². The summed E-state index contributed by atoms with van der Waals surface area (Å²) in [6.45, 7) is 4.02. The molecule has 0 amide bonds. The molecule has 5 nitrogen and oxygen atoms in total. The van der Waals surface area contributed by atoms with Crippen molar-refractivity contribution < 1.29 is 9.47 Å². The minimum atomic E-state index is 0.369. The molecule has 0 spiro atoms. The average molecular weight is 513 g/mol. The number of nitrogens with zero attached hydrogens (tertiary/aromatic N) is 2. The second kappa shape index (κ2) is 11.2. The quantitative estimate of drug-likeness (QED) is 0.223. The molecule has 0 aliphatic rings. The molecular formula is C19H19Br2N3O2S. The first-order valence-electron chi connectivity index (χ1n) is 7.89. The van der Waals surface area contributed by atoms with Gasteiger partial charge in [-0.3, -0.25) is 0 Å². The van der Waals surface area contributed by atoms with Crippen molar-refractivity contribution in [2.24, 2.45) is 15.9 Å². The lowest BCUT2D eigenvalue weighted by molar-refractivity contribution is 0.324. The van der Waals surface area contributed by atoms with E-state index in [0.717, 1.165) is 20.3 Å². The molecule has 0 saturated heterocycles. The van der Waals surface area contributed by atoms with Crippen LogP contribution in [0.5, 0.6) is 11.5 Å². The highest BCUT2D eigenvalue weighted by molar-refractivity contribution is 9.13. The first kappa shape index (κ1) is 21.5. The van der Waals surface area contributed by atoms with Crippen LogP contribution < -0.4 is 15.2 Å². The van der Waals surface area contributed by atoms with Gasteiger partial charge in [-0.15, -0.1) is 5.10 Å². The summed E-state index contributed by atoms with van der Waals surface area (Å²) in [5.41, 5.74) is 7.86. The Bertz CT molecular complexity index is 843. The van der Waals surface area contributed by atoms with Crippen molar-refractivity contribution in [1.82, 2.24) is 0 Å². The van der Waals surface area contributed by atoms with Crippen LogP contribution in [-0.2, 0) is 5.75 Å². The summed E-state index contributed by atoms with van der Waals surface area (Å²) in [4.78, 5) is 0. The van der Waals surface area contributed by atoms with Crippen molar-refractivity contribution in [3.05, 3.63) is 69.1 Å². The maximum atomic E-state index is 5.91. The standard InChI is InChI=1S/C19H19Br2N3O2S/c1-3-9-26-18-15(25-2)10-14(16(20)17(18)21)11-23-24-19(22)27-12-13-7-5-4-6-8-13/h3-8,10-11H,1,9,12H2,2H3,(H2,22,24). The van der Waals surface area contributed by atoms with E-state index in [9.17, 15) is 0 Å². The highest BCUT2D eigenvalue weighted by Crippen LogP contribution is 2.42. The van der Waals surface area contributed by atoms with Crippen LogP contribution in [0.3, 0.4) is 0 Å². The molecule has 0 atom stereocenters. The number of rotatable bonds is 8. The van der Waals surface area contributed by atoms with E-state index < -0.39 is 0 Å². The zero-order valence-corrected chi connectivity index (χ0v) is 18.7. The van der Waals surface area contributed by atoms with Gasteiger partial charge in [-0.2, -0.15) is 5.10 Å². The van der Waals surface area contributed by atoms with Crippen LogP contribution in [0, 0.1) is 0 Å². The largest absolute Gasteiger partial charge is 0.493 e. The van der Waals surface area contributed by atoms with Crippen molar-refractivity contribution in [2.45, 2.75) is 5.75 Å². The van der Waals surface area contributed by atoms with Crippen molar-refractivity contribution in [1.29, 1.82) is 0 Å². The molecular weight excluding hydrogens is 494 g/mol. The third-order valence-electron chi connectivity index (χ3n) is 3.30. The number of ether oxygens (including phenoxy) is 2. The van der Waals surface area contributed by atoms with Crippen LogP contribution in [0.2, 0.25) is 0 Å². The minimum Gasteiger partial charge on any atom is -0.493 e. The summed E-state index contributed by atoms with van der Waals surface area (Å²) in [7, 11) is 1.58. The highest BCUT2D eigenvalue weighted by atomic mass is 79.9. The predicted molar refractivity (Wildman–Crippen MR) is 121 cm³/mol. The van der Waals surface area contributed by atoms with E-state index in [1.807, 2.05) is 30.3 Å². The third-order valence-corrected chi connectivity index (χ3v) is 6.30. The molecule has 2 aromatic carbocycles. The van der Waals surface area contributed by atoms with Crippen LogP contribution in [0.1, 0.15) is 11.1 Å². The molecule has 2 rings (SSSR count). The summed E-state index contributed by atoms with van der Waals surface area (Å²) >= 11 is 8.47. The van der Waals surface area contributed by atoms with Crippen molar-refractivity contribution in [3.8, 4) is 11.5 Å². The topological polar surface area (TPSA) is 69.2 Å². The Hall–Kier alpha value is -1.77. The van der Waals surface area contributed by atoms with Crippen LogP contribution >= 0.6 is 43.6 Å². The van der Waals surface area contributed by atoms with Gasteiger partial charge in [0.15, 0.2) is 16.7 Å². The monoisotopic (exact) mass is 511 g/mol. The van der Waals surface area contributed by atoms with E-state index in [1.54, 1.807) is 25.5 Å². The normalized spacial score (nSPS) is 11.6. The van der Waals surface area contributed by atoms with Crippen LogP contribution in [0.4, 0.5) is 0 Å². The lowest BCUT2D eigenvalue weighted by Gasteiger charge is -2.14. The Morgan fingerprint density at radius 1 is 1.26 bits per heavy atom. The Morgan fingerprint density at radius 3 is 2.67 bits per heavy atom. The van der Waals surface area contributed by atoms with Gasteiger partial charge in [0.2, 0.25) is 0 Å². The Labute approximate surface area is 180 Å². The average Bonchev–Trinajstić information content (AvgIpc) is 2.69. The van der Waals surface area contributed by atoms with Crippen LogP contribution in [0.25, 0.3) is 0 Å². The van der Waals surface area contributed by atoms with E-state index in [2.05, 4.69) is 48.6 Å². The molecule has 0 aliphatic carbocycles. The van der Waals surface area contributed by atoms with Gasteiger partial charge in [-0.25, -0.2) is 0 Å². The number of nitrogens with two attached hydrogens (primary N) is 1. The fourth-order valence-electron chi connectivity index (χ4n) is 2.04. The molecule has 0 radical (unpaired) electrons. The number of thioether (sulfide) groups is 1. The molecule has 0 aliphatic heterocycles. The zero-order chi connectivity index (χ0) is 19.6. The molecule has 2 aromatic rings. The number of amidine groups is 1. The van der Waals surface area contributed by atoms with Crippen LogP contribution in [-0.4, -0.2) is 25.1 Å². The fourth-order valence-corrected chi connectivity index (χ4v) is 3.58. The maximum absolute atomic E-state index is 5.91. The number of hydrogen-bond acceptors (Lipinski definition) is 5. The molecule has 142 valence electrons. The SMILES string of the molecule is C=CCOc1c(OC)cc(C=NN=C(N)SCc2ccccc2)c(Br)c1Br. The summed E-state index contributed by atoms with van der Waals surface area (Å²) in [6, 6.07) is 11.9. The van der Waals surface area contributed by atoms with E-state index in [1.165, 1.54) is 17.3 Å². The Morgan fingerprint density at radius 2 is 2.00 bits per heavy atom. The summed E-state index contributed by atoms with van der Waals surface area (Å²) in [5.74, 6) is 1.90. The van der Waals surface area contributed by atoms with Gasteiger partial charge in [-0.1, -0.05) is 54.7 Å². The molecule has 0 bridgehead atoms. The second-order valence-corrected chi connectivity index (χ2v) is 7.76. The minimum absolute atomic E-state index is 0.369. The first-order valence-corrected chi connectivity index (χ1v) is 10.5. The molecule has 2 N–H and O–H groups in total. The molecule has 0 saturated carbocycles. The van der Waals surface area contributed by atoms with E-state index >= 15 is 0 Å². The fraction of sp³-hybridized carbons (Fsp3) is 0.158. The van der Waals surface area contributed by atoms with Gasteiger partial charge in [0.25, 0.3) is 0 Å². The number of methoxy groups -OCH3 is 1. The lowest BCUT2D eigenvalue weighted by Crippen LogP contribution is -2.06. The van der Waals surface area contributed by atoms with Gasteiger partial charge >= 0.3 is 0 Å². The lowest BCUT2D eigenvalue weighted by atomic mass is 10.2. The van der Waals surface area contributed by atoms with Crippen molar-refractivity contribution >= 4 is 55.0 Å². The van der Waals surface area contributed by atoms with Gasteiger partial charge in [0.1, 0.15) is 6.61 Å². The van der Waals surface area contributed by atoms with Crippen molar-refractivity contribution in [3.63, 3.8) is 0 Å². The zero-order valence-electron chi connectivity index (χ0n) is 14.7. The van der Waals surface area contributed by atoms with Gasteiger partial charge in [-0.05, 0) is 43.5 Å².